The van der Waals surface area contributed by atoms with Crippen LogP contribution < -0.4 is 5.32 Å². The van der Waals surface area contributed by atoms with Crippen molar-refractivity contribution in [3.63, 3.8) is 0 Å². The number of sulfone groups is 1. The molecular formula is C12H17ClN4O3S2. The van der Waals surface area contributed by atoms with E-state index in [2.05, 4.69) is 20.1 Å². The standard InChI is InChI=1S/C12H17ClN4O3S2/c1-7-15-16-12(17(7)8-2-3-8)21-4-11(18)14-10-6-22(19,20)5-9(10)13/h8-10H,2-6H2,1H3,(H,14,18)/t9-,10+/m1/s1. The average Bonchev–Trinajstić information content (AvgIpc) is 3.13. The Hall–Kier alpha value is -0.800. The molecule has 0 aromatic carbocycles. The van der Waals surface area contributed by atoms with Crippen molar-refractivity contribution in [1.82, 2.24) is 20.1 Å². The molecule has 0 spiro atoms. The lowest BCUT2D eigenvalue weighted by molar-refractivity contribution is -0.119. The lowest BCUT2D eigenvalue weighted by Gasteiger charge is -2.14. The Morgan fingerprint density at radius 3 is 2.73 bits per heavy atom. The van der Waals surface area contributed by atoms with Crippen molar-refractivity contribution in [3.05, 3.63) is 5.82 Å². The second-order valence-corrected chi connectivity index (χ2v) is 9.34. The maximum Gasteiger partial charge on any atom is 0.230 e. The van der Waals surface area contributed by atoms with Crippen LogP contribution in [0, 0.1) is 6.92 Å². The number of nitrogens with one attached hydrogen (secondary N) is 1. The summed E-state index contributed by atoms with van der Waals surface area (Å²) in [5, 5.41) is 11.0. The summed E-state index contributed by atoms with van der Waals surface area (Å²) in [6.45, 7) is 1.90. The second-order valence-electron chi connectivity index (χ2n) is 5.69. The van der Waals surface area contributed by atoms with Crippen LogP contribution in [-0.2, 0) is 14.6 Å². The lowest BCUT2D eigenvalue weighted by atomic mass is 10.2. The van der Waals surface area contributed by atoms with Crippen molar-refractivity contribution in [1.29, 1.82) is 0 Å². The molecule has 122 valence electrons. The summed E-state index contributed by atoms with van der Waals surface area (Å²) in [4.78, 5) is 12.0. The van der Waals surface area contributed by atoms with Gasteiger partial charge in [0.15, 0.2) is 15.0 Å². The summed E-state index contributed by atoms with van der Waals surface area (Å²) in [7, 11) is -3.14. The minimum Gasteiger partial charge on any atom is -0.350 e. The first-order valence-corrected chi connectivity index (χ1v) is 10.3. The van der Waals surface area contributed by atoms with Crippen molar-refractivity contribution in [3.8, 4) is 0 Å². The Kier molecular flexibility index (Phi) is 4.39. The molecule has 1 aliphatic carbocycles. The smallest absolute Gasteiger partial charge is 0.230 e. The third-order valence-corrected chi connectivity index (χ3v) is 7.03. The van der Waals surface area contributed by atoms with Gasteiger partial charge in [0.1, 0.15) is 5.82 Å². The number of hydrogen-bond acceptors (Lipinski definition) is 6. The first-order valence-electron chi connectivity index (χ1n) is 7.04. The van der Waals surface area contributed by atoms with Crippen molar-refractivity contribution >= 4 is 39.1 Å². The van der Waals surface area contributed by atoms with Crippen molar-refractivity contribution in [2.45, 2.75) is 42.4 Å². The van der Waals surface area contributed by atoms with E-state index in [1.807, 2.05) is 6.92 Å². The van der Waals surface area contributed by atoms with E-state index in [4.69, 9.17) is 11.6 Å². The van der Waals surface area contributed by atoms with Crippen LogP contribution in [0.15, 0.2) is 5.16 Å². The largest absolute Gasteiger partial charge is 0.350 e. The predicted octanol–water partition coefficient (Wildman–Crippen LogP) is 0.534. The molecule has 3 rings (SSSR count). The molecule has 1 saturated heterocycles. The van der Waals surface area contributed by atoms with Gasteiger partial charge in [-0.05, 0) is 19.8 Å². The maximum absolute atomic E-state index is 12.0. The van der Waals surface area contributed by atoms with Crippen LogP contribution in [-0.4, -0.2) is 57.8 Å². The van der Waals surface area contributed by atoms with Gasteiger partial charge in [-0.1, -0.05) is 11.8 Å². The fraction of sp³-hybridized carbons (Fsp3) is 0.750. The van der Waals surface area contributed by atoms with Crippen molar-refractivity contribution in [2.75, 3.05) is 17.3 Å². The summed E-state index contributed by atoms with van der Waals surface area (Å²) in [6.07, 6.45) is 2.24. The SMILES string of the molecule is Cc1nnc(SCC(=O)N[C@H]2CS(=O)(=O)C[C@H]2Cl)n1C1CC1. The molecule has 0 bridgehead atoms. The molecule has 0 unspecified atom stereocenters. The number of thioether (sulfide) groups is 1. The van der Waals surface area contributed by atoms with Crippen molar-refractivity contribution < 1.29 is 13.2 Å². The number of rotatable bonds is 5. The van der Waals surface area contributed by atoms with E-state index in [0.717, 1.165) is 23.8 Å². The molecule has 1 N–H and O–H groups in total. The molecule has 2 atom stereocenters. The van der Waals surface area contributed by atoms with Gasteiger partial charge in [0.2, 0.25) is 5.91 Å². The molecule has 2 aliphatic rings. The van der Waals surface area contributed by atoms with E-state index in [9.17, 15) is 13.2 Å². The molecule has 7 nitrogen and oxygen atoms in total. The summed E-state index contributed by atoms with van der Waals surface area (Å²) < 4.78 is 25.0. The van der Waals surface area contributed by atoms with E-state index >= 15 is 0 Å². The van der Waals surface area contributed by atoms with Crippen LogP contribution in [0.2, 0.25) is 0 Å². The van der Waals surface area contributed by atoms with E-state index < -0.39 is 21.3 Å². The minimum atomic E-state index is -3.14. The van der Waals surface area contributed by atoms with Gasteiger partial charge >= 0.3 is 0 Å². The summed E-state index contributed by atoms with van der Waals surface area (Å²) >= 11 is 7.29. The van der Waals surface area contributed by atoms with Crippen LogP contribution in [0.5, 0.6) is 0 Å². The van der Waals surface area contributed by atoms with Crippen LogP contribution >= 0.6 is 23.4 Å². The molecule has 10 heteroatoms. The number of carbonyl (C=O) groups excluding carboxylic acids is 1. The third-order valence-electron chi connectivity index (χ3n) is 3.71. The van der Waals surface area contributed by atoms with E-state index in [1.165, 1.54) is 11.8 Å². The molecular weight excluding hydrogens is 348 g/mol. The Morgan fingerprint density at radius 2 is 2.14 bits per heavy atom. The van der Waals surface area contributed by atoms with Gasteiger partial charge in [0.25, 0.3) is 0 Å². The molecule has 2 heterocycles. The summed E-state index contributed by atoms with van der Waals surface area (Å²) in [5.41, 5.74) is 0. The fourth-order valence-electron chi connectivity index (χ4n) is 2.52. The Bertz CT molecular complexity index is 687. The molecule has 22 heavy (non-hydrogen) atoms. The van der Waals surface area contributed by atoms with E-state index in [-0.39, 0.29) is 23.2 Å². The van der Waals surface area contributed by atoms with E-state index in [1.54, 1.807) is 0 Å². The number of aromatic nitrogens is 3. The first kappa shape index (κ1) is 16.1. The Balaban J connectivity index is 1.55. The normalized spacial score (nSPS) is 27.0. The highest BCUT2D eigenvalue weighted by Gasteiger charge is 2.37. The summed E-state index contributed by atoms with van der Waals surface area (Å²) in [5.74, 6) is 0.621. The highest BCUT2D eigenvalue weighted by Crippen LogP contribution is 2.38. The molecule has 1 aliphatic heterocycles. The number of nitrogens with zero attached hydrogens (tertiary/aromatic N) is 3. The zero-order valence-corrected chi connectivity index (χ0v) is 14.4. The quantitative estimate of drug-likeness (QED) is 0.605. The highest BCUT2D eigenvalue weighted by molar-refractivity contribution is 7.99. The van der Waals surface area contributed by atoms with Crippen LogP contribution in [0.1, 0.15) is 24.7 Å². The van der Waals surface area contributed by atoms with Crippen molar-refractivity contribution in [2.24, 2.45) is 0 Å². The van der Waals surface area contributed by atoms with Gasteiger partial charge in [-0.25, -0.2) is 8.42 Å². The van der Waals surface area contributed by atoms with Gasteiger partial charge in [0.05, 0.1) is 28.7 Å². The monoisotopic (exact) mass is 364 g/mol. The molecule has 1 aromatic rings. The minimum absolute atomic E-state index is 0.0815. The van der Waals surface area contributed by atoms with Crippen LogP contribution in [0.4, 0.5) is 0 Å². The second kappa shape index (κ2) is 6.01. The third kappa shape index (κ3) is 3.57. The van der Waals surface area contributed by atoms with Crippen LogP contribution in [0.25, 0.3) is 0 Å². The molecule has 1 saturated carbocycles. The number of halogens is 1. The van der Waals surface area contributed by atoms with E-state index in [0.29, 0.717) is 6.04 Å². The van der Waals surface area contributed by atoms with Gasteiger partial charge in [0, 0.05) is 6.04 Å². The fourth-order valence-corrected chi connectivity index (χ4v) is 5.93. The number of carbonyl (C=O) groups is 1. The molecule has 2 fully saturated rings. The first-order chi connectivity index (χ1) is 10.4. The average molecular weight is 365 g/mol. The Morgan fingerprint density at radius 1 is 1.41 bits per heavy atom. The zero-order valence-electron chi connectivity index (χ0n) is 12.0. The molecule has 1 amide bonds. The lowest BCUT2D eigenvalue weighted by Crippen LogP contribution is -2.41. The number of alkyl halides is 1. The number of aryl methyl sites for hydroxylation is 1. The molecule has 0 radical (unpaired) electrons. The van der Waals surface area contributed by atoms with Crippen LogP contribution in [0.3, 0.4) is 0 Å². The predicted molar refractivity (Wildman–Crippen MR) is 84.0 cm³/mol. The van der Waals surface area contributed by atoms with Gasteiger partial charge in [-0.3, -0.25) is 4.79 Å². The van der Waals surface area contributed by atoms with Gasteiger partial charge in [-0.2, -0.15) is 0 Å². The Labute approximate surface area is 138 Å². The van der Waals surface area contributed by atoms with Gasteiger partial charge < -0.3 is 9.88 Å². The topological polar surface area (TPSA) is 94.0 Å². The highest BCUT2D eigenvalue weighted by atomic mass is 35.5. The number of amides is 1. The molecule has 1 aromatic heterocycles. The number of hydrogen-bond donors (Lipinski definition) is 1. The summed E-state index contributed by atoms with van der Waals surface area (Å²) in [6, 6.07) is -0.0597. The zero-order chi connectivity index (χ0) is 15.9. The maximum atomic E-state index is 12.0. The van der Waals surface area contributed by atoms with Gasteiger partial charge in [-0.15, -0.1) is 21.8 Å².